The first-order valence-corrected chi connectivity index (χ1v) is 6.00. The molecule has 0 heterocycles. The van der Waals surface area contributed by atoms with E-state index in [1.54, 1.807) is 7.11 Å². The van der Waals surface area contributed by atoms with E-state index in [1.807, 2.05) is 0 Å². The molecule has 0 saturated carbocycles. The van der Waals surface area contributed by atoms with Crippen molar-refractivity contribution < 1.29 is 4.74 Å². The van der Waals surface area contributed by atoms with E-state index in [9.17, 15) is 0 Å². The Bertz CT molecular complexity index is 273. The monoisotopic (exact) mass is 221 g/mol. The van der Waals surface area contributed by atoms with Crippen LogP contribution in [-0.4, -0.2) is 26.3 Å². The maximum absolute atomic E-state index is 5.03. The highest BCUT2D eigenvalue weighted by Gasteiger charge is 2.11. The maximum atomic E-state index is 5.03. The van der Waals surface area contributed by atoms with Crippen molar-refractivity contribution in [2.24, 2.45) is 5.92 Å². The number of ether oxygens (including phenoxy) is 1. The van der Waals surface area contributed by atoms with Crippen molar-refractivity contribution in [1.82, 2.24) is 5.32 Å². The second-order valence-electron chi connectivity index (χ2n) is 4.40. The molecule has 0 aliphatic heterocycles. The van der Waals surface area contributed by atoms with Gasteiger partial charge in [0.05, 0.1) is 6.61 Å². The van der Waals surface area contributed by atoms with Gasteiger partial charge in [0, 0.05) is 19.7 Å². The van der Waals surface area contributed by atoms with Crippen molar-refractivity contribution in [2.75, 3.05) is 20.3 Å². The summed E-state index contributed by atoms with van der Waals surface area (Å²) in [5, 5.41) is 3.48. The van der Waals surface area contributed by atoms with Gasteiger partial charge in [-0.25, -0.2) is 0 Å². The zero-order valence-electron chi connectivity index (χ0n) is 10.6. The highest BCUT2D eigenvalue weighted by Crippen LogP contribution is 2.11. The van der Waals surface area contributed by atoms with Crippen LogP contribution < -0.4 is 5.32 Å². The Hall–Kier alpha value is -0.860. The topological polar surface area (TPSA) is 21.3 Å². The summed E-state index contributed by atoms with van der Waals surface area (Å²) in [5.41, 5.74) is 1.41. The van der Waals surface area contributed by atoms with Crippen LogP contribution in [-0.2, 0) is 11.2 Å². The summed E-state index contributed by atoms with van der Waals surface area (Å²) in [6, 6.07) is 11.2. The van der Waals surface area contributed by atoms with Crippen molar-refractivity contribution in [3.63, 3.8) is 0 Å². The van der Waals surface area contributed by atoms with Crippen LogP contribution in [0.25, 0.3) is 0 Å². The molecule has 1 aromatic rings. The average Bonchev–Trinajstić information content (AvgIpc) is 2.30. The van der Waals surface area contributed by atoms with Crippen molar-refractivity contribution in [3.8, 4) is 0 Å². The van der Waals surface area contributed by atoms with Crippen molar-refractivity contribution in [2.45, 2.75) is 26.3 Å². The van der Waals surface area contributed by atoms with E-state index >= 15 is 0 Å². The van der Waals surface area contributed by atoms with Crippen LogP contribution in [0.15, 0.2) is 30.3 Å². The summed E-state index contributed by atoms with van der Waals surface area (Å²) < 4.78 is 5.03. The van der Waals surface area contributed by atoms with Gasteiger partial charge in [-0.05, 0) is 24.8 Å². The number of hydrogen-bond donors (Lipinski definition) is 1. The minimum Gasteiger partial charge on any atom is -0.383 e. The zero-order chi connectivity index (χ0) is 11.8. The smallest absolute Gasteiger partial charge is 0.0587 e. The Kier molecular flexibility index (Phi) is 6.12. The van der Waals surface area contributed by atoms with E-state index < -0.39 is 0 Å². The van der Waals surface area contributed by atoms with Gasteiger partial charge in [0.15, 0.2) is 0 Å². The zero-order valence-corrected chi connectivity index (χ0v) is 10.6. The molecule has 2 nitrogen and oxygen atoms in total. The van der Waals surface area contributed by atoms with Crippen LogP contribution in [0.3, 0.4) is 0 Å². The van der Waals surface area contributed by atoms with Gasteiger partial charge in [0.25, 0.3) is 0 Å². The Morgan fingerprint density at radius 3 is 2.50 bits per heavy atom. The van der Waals surface area contributed by atoms with Crippen LogP contribution in [0.2, 0.25) is 0 Å². The molecule has 90 valence electrons. The molecule has 0 radical (unpaired) electrons. The number of methoxy groups -OCH3 is 1. The standard InChI is InChI=1S/C14H23NO/c1-12(13(2)15-9-10-16-3)11-14-7-5-4-6-8-14/h4-8,12-13,15H,9-11H2,1-3H3. The van der Waals surface area contributed by atoms with E-state index in [1.165, 1.54) is 5.56 Å². The normalized spacial score (nSPS) is 14.7. The summed E-state index contributed by atoms with van der Waals surface area (Å²) in [4.78, 5) is 0. The van der Waals surface area contributed by atoms with Gasteiger partial charge in [0.1, 0.15) is 0 Å². The number of rotatable bonds is 7. The van der Waals surface area contributed by atoms with E-state index in [0.29, 0.717) is 12.0 Å². The first-order chi connectivity index (χ1) is 7.74. The molecule has 0 saturated heterocycles. The minimum absolute atomic E-state index is 0.523. The molecular formula is C14H23NO. The molecule has 0 bridgehead atoms. The predicted molar refractivity (Wildman–Crippen MR) is 68.7 cm³/mol. The molecule has 0 fully saturated rings. The summed E-state index contributed by atoms with van der Waals surface area (Å²) >= 11 is 0. The second-order valence-corrected chi connectivity index (χ2v) is 4.40. The van der Waals surface area contributed by atoms with Gasteiger partial charge in [-0.2, -0.15) is 0 Å². The van der Waals surface area contributed by atoms with Crippen LogP contribution in [0.4, 0.5) is 0 Å². The van der Waals surface area contributed by atoms with E-state index in [4.69, 9.17) is 4.74 Å². The lowest BCUT2D eigenvalue weighted by Crippen LogP contribution is -2.35. The van der Waals surface area contributed by atoms with E-state index in [0.717, 1.165) is 19.6 Å². The fourth-order valence-electron chi connectivity index (χ4n) is 1.75. The van der Waals surface area contributed by atoms with E-state index in [2.05, 4.69) is 49.5 Å². The Morgan fingerprint density at radius 2 is 1.88 bits per heavy atom. The van der Waals surface area contributed by atoms with Gasteiger partial charge >= 0.3 is 0 Å². The van der Waals surface area contributed by atoms with Gasteiger partial charge in [-0.3, -0.25) is 0 Å². The molecule has 2 unspecified atom stereocenters. The van der Waals surface area contributed by atoms with Gasteiger partial charge in [0.2, 0.25) is 0 Å². The van der Waals surface area contributed by atoms with E-state index in [-0.39, 0.29) is 0 Å². The predicted octanol–water partition coefficient (Wildman–Crippen LogP) is 2.49. The fourth-order valence-corrected chi connectivity index (χ4v) is 1.75. The average molecular weight is 221 g/mol. The molecule has 0 aliphatic carbocycles. The lowest BCUT2D eigenvalue weighted by molar-refractivity contribution is 0.192. The van der Waals surface area contributed by atoms with Crippen molar-refractivity contribution >= 4 is 0 Å². The summed E-state index contributed by atoms with van der Waals surface area (Å²) in [5.74, 6) is 0.638. The quantitative estimate of drug-likeness (QED) is 0.714. The molecule has 0 aromatic heterocycles. The lowest BCUT2D eigenvalue weighted by atomic mass is 9.95. The van der Waals surface area contributed by atoms with Crippen LogP contribution in [0.5, 0.6) is 0 Å². The molecule has 1 rings (SSSR count). The third kappa shape index (κ3) is 4.77. The van der Waals surface area contributed by atoms with Crippen molar-refractivity contribution in [3.05, 3.63) is 35.9 Å². The number of nitrogens with one attached hydrogen (secondary N) is 1. The number of hydrogen-bond acceptors (Lipinski definition) is 2. The van der Waals surface area contributed by atoms with Crippen molar-refractivity contribution in [1.29, 1.82) is 0 Å². The first-order valence-electron chi connectivity index (χ1n) is 6.00. The van der Waals surface area contributed by atoms with Gasteiger partial charge < -0.3 is 10.1 Å². The maximum Gasteiger partial charge on any atom is 0.0587 e. The largest absolute Gasteiger partial charge is 0.383 e. The van der Waals surface area contributed by atoms with Gasteiger partial charge in [-0.1, -0.05) is 37.3 Å². The Balaban J connectivity index is 2.31. The highest BCUT2D eigenvalue weighted by atomic mass is 16.5. The molecule has 1 aromatic carbocycles. The lowest BCUT2D eigenvalue weighted by Gasteiger charge is -2.21. The molecule has 2 heteroatoms. The molecule has 0 aliphatic rings. The fraction of sp³-hybridized carbons (Fsp3) is 0.571. The van der Waals surface area contributed by atoms with Crippen LogP contribution in [0.1, 0.15) is 19.4 Å². The second kappa shape index (κ2) is 7.42. The molecule has 0 amide bonds. The highest BCUT2D eigenvalue weighted by molar-refractivity contribution is 5.15. The summed E-state index contributed by atoms with van der Waals surface area (Å²) in [6.45, 7) is 6.24. The summed E-state index contributed by atoms with van der Waals surface area (Å²) in [6.07, 6.45) is 1.13. The molecular weight excluding hydrogens is 198 g/mol. The third-order valence-corrected chi connectivity index (χ3v) is 3.03. The molecule has 1 N–H and O–H groups in total. The Labute approximate surface area is 99.0 Å². The summed E-state index contributed by atoms with van der Waals surface area (Å²) in [7, 11) is 1.74. The van der Waals surface area contributed by atoms with Crippen LogP contribution in [0, 0.1) is 5.92 Å². The molecule has 16 heavy (non-hydrogen) atoms. The first kappa shape index (κ1) is 13.2. The SMILES string of the molecule is COCCNC(C)C(C)Cc1ccccc1. The molecule has 2 atom stereocenters. The van der Waals surface area contributed by atoms with Crippen LogP contribution >= 0.6 is 0 Å². The molecule has 0 spiro atoms. The Morgan fingerprint density at radius 1 is 1.19 bits per heavy atom. The minimum atomic E-state index is 0.523. The third-order valence-electron chi connectivity index (χ3n) is 3.03. The number of benzene rings is 1. The van der Waals surface area contributed by atoms with Gasteiger partial charge in [-0.15, -0.1) is 0 Å².